The standard InChI is InChI=1S/C28H32N2O2S/c1-4-28(2,3)20-13-14-22-23(16-20)33-27-24(22)26(31)29-25(30-27)19-11-8-12-21(15-19)32-17-18-9-6-5-7-10-18/h5-12,15,20,25,30H,4,13-14,16-17H2,1-3H3,(H,29,31)/t20-,25-/m1/s1. The Morgan fingerprint density at radius 2 is 1.91 bits per heavy atom. The molecule has 1 aromatic heterocycles. The van der Waals surface area contributed by atoms with Crippen molar-refractivity contribution in [1.29, 1.82) is 0 Å². The van der Waals surface area contributed by atoms with Gasteiger partial charge in [0.05, 0.1) is 5.56 Å². The minimum absolute atomic E-state index is 0.0371. The van der Waals surface area contributed by atoms with Gasteiger partial charge in [-0.3, -0.25) is 4.79 Å². The zero-order valence-electron chi connectivity index (χ0n) is 19.6. The van der Waals surface area contributed by atoms with Gasteiger partial charge in [0.1, 0.15) is 23.5 Å². The van der Waals surface area contributed by atoms with Crippen molar-refractivity contribution in [3.63, 3.8) is 0 Å². The largest absolute Gasteiger partial charge is 0.489 e. The normalized spacial score (nSPS) is 19.8. The van der Waals surface area contributed by atoms with E-state index < -0.39 is 0 Å². The van der Waals surface area contributed by atoms with E-state index in [1.807, 2.05) is 42.5 Å². The predicted molar refractivity (Wildman–Crippen MR) is 135 cm³/mol. The lowest BCUT2D eigenvalue weighted by atomic mass is 9.69. The molecule has 0 radical (unpaired) electrons. The molecule has 1 amide bonds. The topological polar surface area (TPSA) is 50.4 Å². The number of rotatable bonds is 6. The average Bonchev–Trinajstić information content (AvgIpc) is 3.22. The molecule has 0 saturated carbocycles. The number of hydrogen-bond donors (Lipinski definition) is 2. The summed E-state index contributed by atoms with van der Waals surface area (Å²) < 4.78 is 6.00. The number of amides is 1. The number of carbonyl (C=O) groups excluding carboxylic acids is 1. The molecule has 3 aromatic rings. The van der Waals surface area contributed by atoms with Crippen LogP contribution in [0.3, 0.4) is 0 Å². The van der Waals surface area contributed by atoms with Crippen LogP contribution in [0.2, 0.25) is 0 Å². The molecule has 1 aliphatic carbocycles. The summed E-state index contributed by atoms with van der Waals surface area (Å²) in [6.07, 6.45) is 4.16. The van der Waals surface area contributed by atoms with Crippen molar-refractivity contribution in [2.75, 3.05) is 5.32 Å². The fourth-order valence-corrected chi connectivity index (χ4v) is 6.30. The van der Waals surface area contributed by atoms with Crippen LogP contribution in [0.25, 0.3) is 0 Å². The van der Waals surface area contributed by atoms with Gasteiger partial charge in [0.2, 0.25) is 0 Å². The van der Waals surface area contributed by atoms with Gasteiger partial charge in [0, 0.05) is 4.88 Å². The molecule has 1 aliphatic heterocycles. The van der Waals surface area contributed by atoms with Gasteiger partial charge in [-0.2, -0.15) is 0 Å². The zero-order chi connectivity index (χ0) is 23.0. The predicted octanol–water partition coefficient (Wildman–Crippen LogP) is 6.72. The van der Waals surface area contributed by atoms with Crippen molar-refractivity contribution in [3.8, 4) is 5.75 Å². The third kappa shape index (κ3) is 4.39. The van der Waals surface area contributed by atoms with Gasteiger partial charge < -0.3 is 15.4 Å². The maximum absolute atomic E-state index is 13.2. The minimum atomic E-state index is -0.256. The molecule has 0 saturated heterocycles. The van der Waals surface area contributed by atoms with E-state index in [0.717, 1.165) is 46.7 Å². The molecule has 0 unspecified atom stereocenters. The monoisotopic (exact) mass is 460 g/mol. The Morgan fingerprint density at radius 3 is 2.70 bits per heavy atom. The summed E-state index contributed by atoms with van der Waals surface area (Å²) in [5.74, 6) is 1.51. The van der Waals surface area contributed by atoms with Crippen molar-refractivity contribution >= 4 is 22.2 Å². The lowest BCUT2D eigenvalue weighted by molar-refractivity contribution is 0.0934. The zero-order valence-corrected chi connectivity index (χ0v) is 20.4. The van der Waals surface area contributed by atoms with Gasteiger partial charge in [-0.25, -0.2) is 0 Å². The van der Waals surface area contributed by atoms with Crippen LogP contribution in [-0.4, -0.2) is 5.91 Å². The summed E-state index contributed by atoms with van der Waals surface area (Å²) >= 11 is 1.78. The Hall–Kier alpha value is -2.79. The van der Waals surface area contributed by atoms with E-state index in [-0.39, 0.29) is 12.1 Å². The number of thiophene rings is 1. The first-order valence-electron chi connectivity index (χ1n) is 11.9. The quantitative estimate of drug-likeness (QED) is 0.429. The summed E-state index contributed by atoms with van der Waals surface area (Å²) in [5.41, 5.74) is 4.60. The number of ether oxygens (including phenoxy) is 1. The molecular weight excluding hydrogens is 428 g/mol. The molecule has 5 heteroatoms. The summed E-state index contributed by atoms with van der Waals surface area (Å²) in [5, 5.41) is 7.79. The second-order valence-corrected chi connectivity index (χ2v) is 11.0. The first-order chi connectivity index (χ1) is 15.9. The molecule has 0 spiro atoms. The van der Waals surface area contributed by atoms with E-state index in [4.69, 9.17) is 4.74 Å². The summed E-state index contributed by atoms with van der Waals surface area (Å²) in [4.78, 5) is 14.5. The molecule has 2 aromatic carbocycles. The van der Waals surface area contributed by atoms with Crippen LogP contribution in [0.1, 0.15) is 71.7 Å². The Balaban J connectivity index is 1.33. The maximum Gasteiger partial charge on any atom is 0.256 e. The molecule has 33 heavy (non-hydrogen) atoms. The number of hydrogen-bond acceptors (Lipinski definition) is 4. The van der Waals surface area contributed by atoms with Crippen LogP contribution < -0.4 is 15.4 Å². The van der Waals surface area contributed by atoms with Crippen molar-refractivity contribution in [3.05, 3.63) is 81.7 Å². The van der Waals surface area contributed by atoms with Crippen LogP contribution in [0.15, 0.2) is 54.6 Å². The summed E-state index contributed by atoms with van der Waals surface area (Å²) in [6.45, 7) is 7.56. The lowest BCUT2D eigenvalue weighted by Gasteiger charge is -2.36. The summed E-state index contributed by atoms with van der Waals surface area (Å²) in [7, 11) is 0. The third-order valence-corrected chi connectivity index (χ3v) is 8.68. The molecule has 0 fully saturated rings. The van der Waals surface area contributed by atoms with Crippen LogP contribution in [0.4, 0.5) is 5.00 Å². The molecule has 2 atom stereocenters. The Kier molecular flexibility index (Phi) is 5.92. The van der Waals surface area contributed by atoms with E-state index >= 15 is 0 Å². The molecule has 4 nitrogen and oxygen atoms in total. The number of fused-ring (bicyclic) bond motifs is 3. The fourth-order valence-electron chi connectivity index (χ4n) is 4.95. The maximum atomic E-state index is 13.2. The van der Waals surface area contributed by atoms with Crippen molar-refractivity contribution in [2.24, 2.45) is 11.3 Å². The molecular formula is C28H32N2O2S. The van der Waals surface area contributed by atoms with Crippen LogP contribution >= 0.6 is 11.3 Å². The Labute approximate surface area is 200 Å². The number of nitrogens with one attached hydrogen (secondary N) is 2. The second-order valence-electron chi connectivity index (χ2n) is 9.89. The number of anilines is 1. The second kappa shape index (κ2) is 8.86. The molecule has 0 bridgehead atoms. The molecule has 2 aliphatic rings. The van der Waals surface area contributed by atoms with Crippen LogP contribution in [-0.2, 0) is 19.4 Å². The summed E-state index contributed by atoms with van der Waals surface area (Å²) in [6, 6.07) is 18.1. The fraction of sp³-hybridized carbons (Fsp3) is 0.393. The van der Waals surface area contributed by atoms with Gasteiger partial charge in [-0.15, -0.1) is 11.3 Å². The van der Waals surface area contributed by atoms with Gasteiger partial charge in [0.25, 0.3) is 5.91 Å². The highest BCUT2D eigenvalue weighted by molar-refractivity contribution is 7.16. The highest BCUT2D eigenvalue weighted by Gasteiger charge is 2.37. The minimum Gasteiger partial charge on any atom is -0.489 e. The average molecular weight is 461 g/mol. The molecule has 5 rings (SSSR count). The van der Waals surface area contributed by atoms with E-state index in [0.29, 0.717) is 17.9 Å². The SMILES string of the molecule is CCC(C)(C)[C@@H]1CCc2c(sc3c2C(=O)N[C@@H](c2cccc(OCc4ccccc4)c2)N3)C1. The van der Waals surface area contributed by atoms with Crippen molar-refractivity contribution in [1.82, 2.24) is 5.32 Å². The van der Waals surface area contributed by atoms with Crippen LogP contribution in [0, 0.1) is 11.3 Å². The van der Waals surface area contributed by atoms with E-state index in [9.17, 15) is 4.79 Å². The van der Waals surface area contributed by atoms with Crippen LogP contribution in [0.5, 0.6) is 5.75 Å². The van der Waals surface area contributed by atoms with E-state index in [1.165, 1.54) is 16.9 Å². The highest BCUT2D eigenvalue weighted by atomic mass is 32.1. The lowest BCUT2D eigenvalue weighted by Crippen LogP contribution is -2.38. The molecule has 2 heterocycles. The van der Waals surface area contributed by atoms with E-state index in [1.54, 1.807) is 11.3 Å². The van der Waals surface area contributed by atoms with E-state index in [2.05, 4.69) is 43.5 Å². The Morgan fingerprint density at radius 1 is 1.09 bits per heavy atom. The number of benzene rings is 2. The molecule has 2 N–H and O–H groups in total. The van der Waals surface area contributed by atoms with Gasteiger partial charge >= 0.3 is 0 Å². The first-order valence-corrected chi connectivity index (χ1v) is 12.7. The van der Waals surface area contributed by atoms with Crippen molar-refractivity contribution < 1.29 is 9.53 Å². The van der Waals surface area contributed by atoms with Gasteiger partial charge in [-0.05, 0) is 59.4 Å². The Bertz CT molecular complexity index is 1150. The smallest absolute Gasteiger partial charge is 0.256 e. The number of carbonyl (C=O) groups is 1. The third-order valence-electron chi connectivity index (χ3n) is 7.50. The van der Waals surface area contributed by atoms with Gasteiger partial charge in [-0.1, -0.05) is 69.7 Å². The van der Waals surface area contributed by atoms with Gasteiger partial charge in [0.15, 0.2) is 0 Å². The molecule has 172 valence electrons. The highest BCUT2D eigenvalue weighted by Crippen LogP contribution is 2.47. The van der Waals surface area contributed by atoms with Crippen molar-refractivity contribution in [2.45, 2.75) is 59.2 Å². The first kappa shape index (κ1) is 22.0.